The molecule has 0 saturated heterocycles. The Balaban J connectivity index is 1.96. The van der Waals surface area contributed by atoms with Crippen LogP contribution < -0.4 is 5.32 Å². The van der Waals surface area contributed by atoms with Gasteiger partial charge in [0.15, 0.2) is 0 Å². The maximum atomic E-state index is 3.60. The predicted octanol–water partition coefficient (Wildman–Crippen LogP) is 5.47. The Morgan fingerprint density at radius 1 is 1.00 bits per heavy atom. The summed E-state index contributed by atoms with van der Waals surface area (Å²) in [6.45, 7) is 5.65. The van der Waals surface area contributed by atoms with Gasteiger partial charge in [-0.2, -0.15) is 0 Å². The molecule has 1 atom stereocenters. The quantitative estimate of drug-likeness (QED) is 0.692. The molecule has 0 fully saturated rings. The van der Waals surface area contributed by atoms with Gasteiger partial charge in [0.2, 0.25) is 0 Å². The molecule has 1 unspecified atom stereocenters. The lowest BCUT2D eigenvalue weighted by molar-refractivity contribution is 0.473. The molecule has 102 valence electrons. The summed E-state index contributed by atoms with van der Waals surface area (Å²) in [5.74, 6) is 0.798. The van der Waals surface area contributed by atoms with Crippen molar-refractivity contribution in [3.63, 3.8) is 0 Å². The van der Waals surface area contributed by atoms with E-state index in [2.05, 4.69) is 61.6 Å². The Kier molecular flexibility index (Phi) is 5.26. The molecule has 2 aromatic carbocycles. The SMILES string of the molecule is CCCCC(CC)CNc1ccc2ccccc2c1. The van der Waals surface area contributed by atoms with Crippen LogP contribution in [0.2, 0.25) is 0 Å². The van der Waals surface area contributed by atoms with Crippen molar-refractivity contribution in [2.75, 3.05) is 11.9 Å². The number of benzene rings is 2. The minimum absolute atomic E-state index is 0.798. The fourth-order valence-electron chi connectivity index (χ4n) is 2.50. The first kappa shape index (κ1) is 13.9. The van der Waals surface area contributed by atoms with Gasteiger partial charge in [-0.25, -0.2) is 0 Å². The lowest BCUT2D eigenvalue weighted by Crippen LogP contribution is -2.13. The lowest BCUT2D eigenvalue weighted by Gasteiger charge is -2.16. The molecule has 1 nitrogen and oxygen atoms in total. The van der Waals surface area contributed by atoms with Crippen LogP contribution in [0.25, 0.3) is 10.8 Å². The van der Waals surface area contributed by atoms with Crippen molar-refractivity contribution in [2.45, 2.75) is 39.5 Å². The molecule has 0 heterocycles. The van der Waals surface area contributed by atoms with Crippen molar-refractivity contribution in [1.29, 1.82) is 0 Å². The molecule has 0 bridgehead atoms. The average Bonchev–Trinajstić information content (AvgIpc) is 2.47. The maximum absolute atomic E-state index is 3.60. The summed E-state index contributed by atoms with van der Waals surface area (Å²) >= 11 is 0. The van der Waals surface area contributed by atoms with Crippen LogP contribution in [0.3, 0.4) is 0 Å². The number of hydrogen-bond donors (Lipinski definition) is 1. The molecule has 0 saturated carbocycles. The average molecular weight is 255 g/mol. The largest absolute Gasteiger partial charge is 0.385 e. The monoisotopic (exact) mass is 255 g/mol. The van der Waals surface area contributed by atoms with Crippen molar-refractivity contribution in [1.82, 2.24) is 0 Å². The van der Waals surface area contributed by atoms with Crippen LogP contribution in [-0.4, -0.2) is 6.54 Å². The number of nitrogens with one attached hydrogen (secondary N) is 1. The molecule has 0 spiro atoms. The zero-order chi connectivity index (χ0) is 13.5. The van der Waals surface area contributed by atoms with Crippen LogP contribution in [-0.2, 0) is 0 Å². The molecule has 0 radical (unpaired) electrons. The topological polar surface area (TPSA) is 12.0 Å². The molecule has 0 aliphatic carbocycles. The second-order valence-corrected chi connectivity index (χ2v) is 5.36. The molecule has 0 aliphatic heterocycles. The summed E-state index contributed by atoms with van der Waals surface area (Å²) in [4.78, 5) is 0. The Morgan fingerprint density at radius 3 is 2.53 bits per heavy atom. The molecule has 0 aromatic heterocycles. The fourth-order valence-corrected chi connectivity index (χ4v) is 2.50. The van der Waals surface area contributed by atoms with Gasteiger partial charge < -0.3 is 5.32 Å². The van der Waals surface area contributed by atoms with Gasteiger partial charge in [-0.15, -0.1) is 0 Å². The second-order valence-electron chi connectivity index (χ2n) is 5.36. The minimum atomic E-state index is 0.798. The molecule has 2 aromatic rings. The summed E-state index contributed by atoms with van der Waals surface area (Å²) in [7, 11) is 0. The van der Waals surface area contributed by atoms with Crippen LogP contribution in [0.15, 0.2) is 42.5 Å². The van der Waals surface area contributed by atoms with E-state index < -0.39 is 0 Å². The number of anilines is 1. The summed E-state index contributed by atoms with van der Waals surface area (Å²) in [5, 5.41) is 6.22. The standard InChI is InChI=1S/C18H25N/c1-3-5-8-15(4-2)14-19-18-12-11-16-9-6-7-10-17(16)13-18/h6-7,9-13,15,19H,3-5,8,14H2,1-2H3. The van der Waals surface area contributed by atoms with Gasteiger partial charge in [0.05, 0.1) is 0 Å². The summed E-state index contributed by atoms with van der Waals surface area (Å²) in [6.07, 6.45) is 5.25. The van der Waals surface area contributed by atoms with Gasteiger partial charge in [-0.3, -0.25) is 0 Å². The molecular formula is C18H25N. The fraction of sp³-hybridized carbons (Fsp3) is 0.444. The van der Waals surface area contributed by atoms with Crippen LogP contribution >= 0.6 is 0 Å². The molecule has 2 rings (SSSR count). The summed E-state index contributed by atoms with van der Waals surface area (Å²) in [6, 6.07) is 15.2. The first-order valence-electron chi connectivity index (χ1n) is 7.56. The highest BCUT2D eigenvalue weighted by Crippen LogP contribution is 2.20. The van der Waals surface area contributed by atoms with Crippen LogP contribution in [0, 0.1) is 5.92 Å². The Labute approximate surface area is 117 Å². The Hall–Kier alpha value is -1.50. The third-order valence-corrected chi connectivity index (χ3v) is 3.89. The van der Waals surface area contributed by atoms with E-state index in [1.807, 2.05) is 0 Å². The maximum Gasteiger partial charge on any atom is 0.0346 e. The van der Waals surface area contributed by atoms with Crippen molar-refractivity contribution < 1.29 is 0 Å². The van der Waals surface area contributed by atoms with Crippen LogP contribution in [0.4, 0.5) is 5.69 Å². The smallest absolute Gasteiger partial charge is 0.0346 e. The highest BCUT2D eigenvalue weighted by molar-refractivity contribution is 5.85. The Morgan fingerprint density at radius 2 is 1.79 bits per heavy atom. The molecule has 0 aliphatic rings. The van der Waals surface area contributed by atoms with Gasteiger partial charge in [0.25, 0.3) is 0 Å². The number of rotatable bonds is 7. The molecule has 0 amide bonds. The van der Waals surface area contributed by atoms with Gasteiger partial charge in [0.1, 0.15) is 0 Å². The van der Waals surface area contributed by atoms with Crippen LogP contribution in [0.1, 0.15) is 39.5 Å². The highest BCUT2D eigenvalue weighted by atomic mass is 14.9. The van der Waals surface area contributed by atoms with E-state index in [4.69, 9.17) is 0 Å². The molecule has 19 heavy (non-hydrogen) atoms. The van der Waals surface area contributed by atoms with Crippen molar-refractivity contribution in [3.8, 4) is 0 Å². The molecule has 1 N–H and O–H groups in total. The van der Waals surface area contributed by atoms with E-state index in [-0.39, 0.29) is 0 Å². The van der Waals surface area contributed by atoms with E-state index in [9.17, 15) is 0 Å². The zero-order valence-corrected chi connectivity index (χ0v) is 12.2. The van der Waals surface area contributed by atoms with E-state index in [0.717, 1.165) is 12.5 Å². The predicted molar refractivity (Wildman–Crippen MR) is 85.7 cm³/mol. The Bertz CT molecular complexity index is 504. The molecule has 1 heteroatoms. The zero-order valence-electron chi connectivity index (χ0n) is 12.2. The second kappa shape index (κ2) is 7.18. The normalized spacial score (nSPS) is 12.5. The van der Waals surface area contributed by atoms with E-state index >= 15 is 0 Å². The number of hydrogen-bond acceptors (Lipinski definition) is 1. The lowest BCUT2D eigenvalue weighted by atomic mass is 9.99. The van der Waals surface area contributed by atoms with Gasteiger partial charge in [0, 0.05) is 12.2 Å². The minimum Gasteiger partial charge on any atom is -0.385 e. The third-order valence-electron chi connectivity index (χ3n) is 3.89. The first-order chi connectivity index (χ1) is 9.33. The number of fused-ring (bicyclic) bond motifs is 1. The van der Waals surface area contributed by atoms with E-state index in [1.54, 1.807) is 0 Å². The van der Waals surface area contributed by atoms with Crippen molar-refractivity contribution >= 4 is 16.5 Å². The third kappa shape index (κ3) is 3.99. The highest BCUT2D eigenvalue weighted by Gasteiger charge is 2.05. The first-order valence-corrected chi connectivity index (χ1v) is 7.56. The summed E-state index contributed by atoms with van der Waals surface area (Å²) < 4.78 is 0. The van der Waals surface area contributed by atoms with Gasteiger partial charge >= 0.3 is 0 Å². The molecular weight excluding hydrogens is 230 g/mol. The van der Waals surface area contributed by atoms with E-state index in [0.29, 0.717) is 0 Å². The summed E-state index contributed by atoms with van der Waals surface area (Å²) in [5.41, 5.74) is 1.24. The van der Waals surface area contributed by atoms with Gasteiger partial charge in [-0.05, 0) is 35.2 Å². The van der Waals surface area contributed by atoms with E-state index in [1.165, 1.54) is 42.1 Å². The van der Waals surface area contributed by atoms with Crippen LogP contribution in [0.5, 0.6) is 0 Å². The van der Waals surface area contributed by atoms with Crippen molar-refractivity contribution in [3.05, 3.63) is 42.5 Å². The number of unbranched alkanes of at least 4 members (excludes halogenated alkanes) is 1. The van der Waals surface area contributed by atoms with Crippen molar-refractivity contribution in [2.24, 2.45) is 5.92 Å². The van der Waals surface area contributed by atoms with Gasteiger partial charge in [-0.1, -0.05) is 63.4 Å².